The van der Waals surface area contributed by atoms with Crippen LogP contribution in [-0.2, 0) is 31.6 Å². The molecule has 170 valence electrons. The summed E-state index contributed by atoms with van der Waals surface area (Å²) in [5.74, 6) is -0.302. The maximum atomic E-state index is 12.0. The second kappa shape index (κ2) is 9.44. The standard InChI is InChI=1S/C10H16N3O14P3/c1-23-4-2-13(10(16)12-8(4)11)9-7(15)6(14)5(25-9)3-24-29(19,20)27-30(21,22)26-28(17)18/h2,5-7,9,14-15H,3H2,1H3,(H,19,20)(H,21,22)(H2,11,12,16). The van der Waals surface area contributed by atoms with Crippen LogP contribution in [-0.4, -0.2) is 61.6 Å². The number of hydrogen-bond acceptors (Lipinski definition) is 14. The van der Waals surface area contributed by atoms with Crippen molar-refractivity contribution in [3.63, 3.8) is 0 Å². The summed E-state index contributed by atoms with van der Waals surface area (Å²) in [4.78, 5) is 44.2. The quantitative estimate of drug-likeness (QED) is 0.226. The minimum absolute atomic E-state index is 0.0525. The van der Waals surface area contributed by atoms with Gasteiger partial charge in [-0.15, -0.1) is 0 Å². The van der Waals surface area contributed by atoms with Crippen LogP contribution in [0.2, 0.25) is 0 Å². The lowest BCUT2D eigenvalue weighted by molar-refractivity contribution is -0.179. The molecule has 0 saturated carbocycles. The number of nitrogen functional groups attached to an aromatic ring is 1. The number of rotatable bonds is 9. The molecule has 0 spiro atoms. The summed E-state index contributed by atoms with van der Waals surface area (Å²) < 4.78 is 55.6. The largest absolute Gasteiger partial charge is 0.566 e. The van der Waals surface area contributed by atoms with E-state index in [1.54, 1.807) is 0 Å². The molecule has 2 rings (SSSR count). The number of nitrogens with two attached hydrogens (primary N) is 1. The molecule has 1 fully saturated rings. The van der Waals surface area contributed by atoms with Gasteiger partial charge in [0, 0.05) is 0 Å². The fraction of sp³-hybridized carbons (Fsp3) is 0.600. The van der Waals surface area contributed by atoms with Crippen molar-refractivity contribution in [2.24, 2.45) is 0 Å². The molecule has 1 aromatic heterocycles. The van der Waals surface area contributed by atoms with Gasteiger partial charge in [0.05, 0.1) is 19.9 Å². The molecule has 1 aliphatic heterocycles. The third-order valence-electron chi connectivity index (χ3n) is 3.56. The van der Waals surface area contributed by atoms with E-state index in [0.29, 0.717) is 0 Å². The molecule has 0 aromatic carbocycles. The van der Waals surface area contributed by atoms with Gasteiger partial charge in [-0.05, 0) is 8.88 Å². The number of aromatic nitrogens is 2. The third-order valence-corrected chi connectivity index (χ3v) is 7.04. The molecule has 1 aliphatic rings. The van der Waals surface area contributed by atoms with Crippen LogP contribution in [0.5, 0.6) is 5.75 Å². The van der Waals surface area contributed by atoms with Gasteiger partial charge in [0.1, 0.15) is 18.3 Å². The van der Waals surface area contributed by atoms with Crippen LogP contribution in [0.3, 0.4) is 0 Å². The van der Waals surface area contributed by atoms with Crippen molar-refractivity contribution >= 4 is 29.7 Å². The molecule has 6 N–H and O–H groups in total. The van der Waals surface area contributed by atoms with Gasteiger partial charge in [-0.3, -0.25) is 14.0 Å². The van der Waals surface area contributed by atoms with Crippen molar-refractivity contribution in [2.75, 3.05) is 19.5 Å². The Morgan fingerprint density at radius 3 is 2.53 bits per heavy atom. The average molecular weight is 495 g/mol. The van der Waals surface area contributed by atoms with Gasteiger partial charge in [-0.1, -0.05) is 0 Å². The molecular formula is C10H16N3O14P3. The van der Waals surface area contributed by atoms with E-state index in [2.05, 4.69) is 18.1 Å². The van der Waals surface area contributed by atoms with Crippen molar-refractivity contribution in [1.82, 2.24) is 9.55 Å². The maximum absolute atomic E-state index is 12.0. The number of nitrogens with zero attached hydrogens (tertiary/aromatic N) is 2. The highest BCUT2D eigenvalue weighted by atomic mass is 31.3. The summed E-state index contributed by atoms with van der Waals surface area (Å²) in [5.41, 5.74) is 4.50. The fourth-order valence-corrected chi connectivity index (χ4v) is 4.95. The van der Waals surface area contributed by atoms with Gasteiger partial charge in [0.2, 0.25) is 0 Å². The highest BCUT2D eigenvalue weighted by molar-refractivity contribution is 7.64. The van der Waals surface area contributed by atoms with E-state index in [9.17, 15) is 38.5 Å². The van der Waals surface area contributed by atoms with Crippen molar-refractivity contribution in [2.45, 2.75) is 24.5 Å². The van der Waals surface area contributed by atoms with Gasteiger partial charge in [0.15, 0.2) is 17.8 Å². The smallest absolute Gasteiger partial charge is 0.524 e. The molecule has 1 saturated heterocycles. The molecular weight excluding hydrogens is 479 g/mol. The van der Waals surface area contributed by atoms with Gasteiger partial charge < -0.3 is 35.2 Å². The SMILES string of the molecule is COc1cn(C2OC(COP(=O)(O)OP(=O)(O)O[P+](=O)[O-])C(O)C2O)c(=O)nc1N. The Morgan fingerprint density at radius 2 is 1.97 bits per heavy atom. The fourth-order valence-electron chi connectivity index (χ4n) is 2.32. The zero-order valence-corrected chi connectivity index (χ0v) is 17.5. The Balaban J connectivity index is 2.11. The van der Waals surface area contributed by atoms with Crippen molar-refractivity contribution in [3.8, 4) is 5.75 Å². The molecule has 30 heavy (non-hydrogen) atoms. The highest BCUT2D eigenvalue weighted by Crippen LogP contribution is 2.63. The average Bonchev–Trinajstić information content (AvgIpc) is 2.86. The number of aliphatic hydroxyl groups excluding tert-OH is 2. The summed E-state index contributed by atoms with van der Waals surface area (Å²) in [6.07, 6.45) is -5.56. The van der Waals surface area contributed by atoms with E-state index in [4.69, 9.17) is 20.1 Å². The zero-order chi connectivity index (χ0) is 22.9. The van der Waals surface area contributed by atoms with Crippen LogP contribution in [0, 0.1) is 0 Å². The molecule has 0 aliphatic carbocycles. The molecule has 7 atom stereocenters. The Kier molecular flexibility index (Phi) is 7.85. The normalized spacial score (nSPS) is 28.5. The monoisotopic (exact) mass is 495 g/mol. The Morgan fingerprint density at radius 1 is 1.33 bits per heavy atom. The van der Waals surface area contributed by atoms with Crippen LogP contribution in [0.25, 0.3) is 0 Å². The Labute approximate surface area is 167 Å². The predicted molar refractivity (Wildman–Crippen MR) is 90.8 cm³/mol. The van der Waals surface area contributed by atoms with E-state index in [-0.39, 0.29) is 11.6 Å². The number of anilines is 1. The van der Waals surface area contributed by atoms with Crippen molar-refractivity contribution in [1.29, 1.82) is 0 Å². The van der Waals surface area contributed by atoms with Crippen LogP contribution < -0.4 is 21.1 Å². The predicted octanol–water partition coefficient (Wildman–Crippen LogP) is -2.28. The summed E-state index contributed by atoms with van der Waals surface area (Å²) in [7, 11) is -13.6. The molecule has 7 unspecified atom stereocenters. The third kappa shape index (κ3) is 6.11. The minimum Gasteiger partial charge on any atom is -0.566 e. The van der Waals surface area contributed by atoms with E-state index < -0.39 is 60.7 Å². The summed E-state index contributed by atoms with van der Waals surface area (Å²) >= 11 is 0. The lowest BCUT2D eigenvalue weighted by Crippen LogP contribution is -2.36. The number of aliphatic hydroxyl groups is 2. The van der Waals surface area contributed by atoms with Gasteiger partial charge in [-0.2, -0.15) is 9.29 Å². The second-order valence-electron chi connectivity index (χ2n) is 5.55. The van der Waals surface area contributed by atoms with E-state index in [1.807, 2.05) is 0 Å². The van der Waals surface area contributed by atoms with Crippen molar-refractivity contribution in [3.05, 3.63) is 16.7 Å². The first-order valence-electron chi connectivity index (χ1n) is 7.56. The van der Waals surface area contributed by atoms with Crippen molar-refractivity contribution < 1.29 is 61.2 Å². The van der Waals surface area contributed by atoms with Gasteiger partial charge in [-0.25, -0.2) is 13.9 Å². The molecule has 20 heteroatoms. The van der Waals surface area contributed by atoms with E-state index in [0.717, 1.165) is 10.8 Å². The van der Waals surface area contributed by atoms with Crippen LogP contribution in [0.4, 0.5) is 5.82 Å². The summed E-state index contributed by atoms with van der Waals surface area (Å²) in [6, 6.07) is 0. The van der Waals surface area contributed by atoms with Crippen LogP contribution in [0.1, 0.15) is 6.23 Å². The minimum atomic E-state index is -5.51. The molecule has 17 nitrogen and oxygen atoms in total. The number of ether oxygens (including phenoxy) is 2. The first-order chi connectivity index (χ1) is 13.8. The zero-order valence-electron chi connectivity index (χ0n) is 14.8. The van der Waals surface area contributed by atoms with Gasteiger partial charge >= 0.3 is 29.6 Å². The first-order valence-corrected chi connectivity index (χ1v) is 11.6. The lowest BCUT2D eigenvalue weighted by atomic mass is 10.1. The summed E-state index contributed by atoms with van der Waals surface area (Å²) in [5, 5.41) is 20.2. The number of phosphoric acid groups is 2. The maximum Gasteiger partial charge on any atom is 0.524 e. The first kappa shape index (κ1) is 24.9. The molecule has 0 bridgehead atoms. The number of hydrogen-bond donors (Lipinski definition) is 5. The number of phosphoric ester groups is 1. The van der Waals surface area contributed by atoms with Crippen LogP contribution >= 0.6 is 23.9 Å². The lowest BCUT2D eigenvalue weighted by Gasteiger charge is -2.18. The van der Waals surface area contributed by atoms with Gasteiger partial charge in [0.25, 0.3) is 0 Å². The Bertz CT molecular complexity index is 954. The molecule has 2 heterocycles. The molecule has 0 radical (unpaired) electrons. The molecule has 0 amide bonds. The van der Waals surface area contributed by atoms with Crippen LogP contribution in [0.15, 0.2) is 11.0 Å². The van der Waals surface area contributed by atoms with E-state index in [1.165, 1.54) is 7.11 Å². The highest BCUT2D eigenvalue weighted by Gasteiger charge is 2.46. The topological polar surface area (TPSA) is 262 Å². The molecule has 1 aromatic rings. The van der Waals surface area contributed by atoms with E-state index >= 15 is 0 Å². The second-order valence-corrected chi connectivity index (χ2v) is 9.44. The summed E-state index contributed by atoms with van der Waals surface area (Å²) in [6.45, 7) is -1.000. The number of methoxy groups -OCH3 is 1. The Hall–Kier alpha value is -1.32.